The number of nitrogens with one attached hydrogen (secondary N) is 1. The maximum absolute atomic E-state index is 12.3. The van der Waals surface area contributed by atoms with Gasteiger partial charge in [-0.1, -0.05) is 31.9 Å². The fourth-order valence-electron chi connectivity index (χ4n) is 2.99. The molecule has 0 spiro atoms. The summed E-state index contributed by atoms with van der Waals surface area (Å²) in [5, 5.41) is 12.1. The zero-order valence-electron chi connectivity index (χ0n) is 13.8. The average molecular weight is 305 g/mol. The highest BCUT2D eigenvalue weighted by atomic mass is 16.5. The minimum absolute atomic E-state index is 0.0326. The van der Waals surface area contributed by atoms with Crippen LogP contribution in [0.25, 0.3) is 0 Å². The molecule has 1 saturated carbocycles. The van der Waals surface area contributed by atoms with Crippen LogP contribution in [0.5, 0.6) is 0 Å². The van der Waals surface area contributed by atoms with Crippen molar-refractivity contribution in [3.63, 3.8) is 0 Å². The summed E-state index contributed by atoms with van der Waals surface area (Å²) in [7, 11) is 0. The van der Waals surface area contributed by atoms with Crippen molar-refractivity contribution < 1.29 is 14.6 Å². The highest BCUT2D eigenvalue weighted by molar-refractivity contribution is 5.94. The molecule has 2 rings (SSSR count). The molecule has 0 radical (unpaired) electrons. The molecular weight excluding hydrogens is 278 g/mol. The van der Waals surface area contributed by atoms with Gasteiger partial charge in [-0.15, -0.1) is 0 Å². The lowest BCUT2D eigenvalue weighted by Crippen LogP contribution is -2.33. The molecule has 0 saturated heterocycles. The summed E-state index contributed by atoms with van der Waals surface area (Å²) in [5.74, 6) is 0.550. The fourth-order valence-corrected chi connectivity index (χ4v) is 2.99. The Morgan fingerprint density at radius 3 is 2.91 bits per heavy atom. The van der Waals surface area contributed by atoms with Crippen molar-refractivity contribution in [2.45, 2.75) is 65.3 Å². The normalized spacial score (nSPS) is 23.1. The Kier molecular flexibility index (Phi) is 5.98. The molecule has 1 aromatic carbocycles. The molecule has 4 nitrogen and oxygen atoms in total. The number of carbonyl (C=O) groups excluding carboxylic acids is 1. The summed E-state index contributed by atoms with van der Waals surface area (Å²) >= 11 is 0. The van der Waals surface area contributed by atoms with Gasteiger partial charge in [0.1, 0.15) is 6.10 Å². The second-order valence-electron chi connectivity index (χ2n) is 6.47. The Bertz CT molecular complexity index is 515. The molecule has 0 aromatic heterocycles. The summed E-state index contributed by atoms with van der Waals surface area (Å²) in [4.78, 5) is 12.3. The van der Waals surface area contributed by atoms with Crippen LogP contribution in [0.15, 0.2) is 18.2 Å². The van der Waals surface area contributed by atoms with Gasteiger partial charge in [-0.3, -0.25) is 4.79 Å². The van der Waals surface area contributed by atoms with Crippen LogP contribution in [0.1, 0.15) is 50.7 Å². The van der Waals surface area contributed by atoms with Crippen LogP contribution < -0.4 is 5.32 Å². The minimum Gasteiger partial charge on any atom is -0.392 e. The van der Waals surface area contributed by atoms with Gasteiger partial charge in [-0.05, 0) is 49.8 Å². The van der Waals surface area contributed by atoms with Crippen LogP contribution in [-0.4, -0.2) is 23.2 Å². The number of aliphatic hydroxyl groups excluding tert-OH is 1. The molecule has 122 valence electrons. The van der Waals surface area contributed by atoms with Gasteiger partial charge in [0.2, 0.25) is 0 Å². The second kappa shape index (κ2) is 7.75. The number of aliphatic hydroxyl groups is 1. The zero-order valence-corrected chi connectivity index (χ0v) is 13.8. The van der Waals surface area contributed by atoms with Gasteiger partial charge < -0.3 is 15.2 Å². The van der Waals surface area contributed by atoms with Gasteiger partial charge in [0.05, 0.1) is 12.7 Å². The Balaban J connectivity index is 1.93. The van der Waals surface area contributed by atoms with Crippen molar-refractivity contribution in [2.75, 3.05) is 5.32 Å². The van der Waals surface area contributed by atoms with Crippen molar-refractivity contribution in [3.8, 4) is 0 Å². The lowest BCUT2D eigenvalue weighted by atomic mass is 9.88. The largest absolute Gasteiger partial charge is 0.392 e. The van der Waals surface area contributed by atoms with Crippen molar-refractivity contribution in [3.05, 3.63) is 29.3 Å². The number of hydrogen-bond acceptors (Lipinski definition) is 3. The first kappa shape index (κ1) is 17.0. The van der Waals surface area contributed by atoms with E-state index < -0.39 is 6.10 Å². The monoisotopic (exact) mass is 305 g/mol. The summed E-state index contributed by atoms with van der Waals surface area (Å²) < 4.78 is 5.93. The molecule has 2 N–H and O–H groups in total. The first-order valence-corrected chi connectivity index (χ1v) is 8.16. The van der Waals surface area contributed by atoms with Gasteiger partial charge >= 0.3 is 0 Å². The van der Waals surface area contributed by atoms with Gasteiger partial charge in [0.15, 0.2) is 0 Å². The van der Waals surface area contributed by atoms with Crippen molar-refractivity contribution in [1.29, 1.82) is 0 Å². The molecule has 1 aliphatic rings. The second-order valence-corrected chi connectivity index (χ2v) is 6.47. The minimum atomic E-state index is -0.465. The number of aryl methyl sites for hydroxylation is 1. The summed E-state index contributed by atoms with van der Waals surface area (Å²) in [6, 6.07) is 5.56. The van der Waals surface area contributed by atoms with Crippen LogP contribution in [0.3, 0.4) is 0 Å². The predicted octanol–water partition coefficient (Wildman–Crippen LogP) is 3.41. The molecule has 1 aliphatic carbocycles. The molecule has 1 aromatic rings. The number of hydrogen-bond donors (Lipinski definition) is 2. The smallest absolute Gasteiger partial charge is 0.253 e. The molecule has 0 bridgehead atoms. The van der Waals surface area contributed by atoms with Crippen molar-refractivity contribution in [1.82, 2.24) is 0 Å². The standard InChI is InChI=1S/C18H27NO3/c1-12-5-4-6-16(9-12)22-14(3)18(21)19-17-10-15(11-20)8-7-13(17)2/h7-8,10,12,14,16,20H,4-6,9,11H2,1-3H3,(H,19,21). The van der Waals surface area contributed by atoms with Crippen LogP contribution in [0, 0.1) is 12.8 Å². The quantitative estimate of drug-likeness (QED) is 0.876. The molecule has 22 heavy (non-hydrogen) atoms. The van der Waals surface area contributed by atoms with Crippen LogP contribution >= 0.6 is 0 Å². The van der Waals surface area contributed by atoms with E-state index in [1.54, 1.807) is 6.92 Å². The fraction of sp³-hybridized carbons (Fsp3) is 0.611. The van der Waals surface area contributed by atoms with Gasteiger partial charge in [-0.2, -0.15) is 0 Å². The third kappa shape index (κ3) is 4.55. The first-order valence-electron chi connectivity index (χ1n) is 8.16. The van der Waals surface area contributed by atoms with E-state index >= 15 is 0 Å². The van der Waals surface area contributed by atoms with Crippen LogP contribution in [0.4, 0.5) is 5.69 Å². The number of amides is 1. The first-order chi connectivity index (χ1) is 10.5. The Morgan fingerprint density at radius 2 is 2.23 bits per heavy atom. The average Bonchev–Trinajstić information content (AvgIpc) is 2.49. The highest BCUT2D eigenvalue weighted by Gasteiger charge is 2.24. The maximum Gasteiger partial charge on any atom is 0.253 e. The van der Waals surface area contributed by atoms with Crippen LogP contribution in [0.2, 0.25) is 0 Å². The number of rotatable bonds is 5. The molecule has 1 amide bonds. The van der Waals surface area contributed by atoms with Gasteiger partial charge in [0, 0.05) is 5.69 Å². The summed E-state index contributed by atoms with van der Waals surface area (Å²) in [6.07, 6.45) is 4.24. The van der Waals surface area contributed by atoms with E-state index in [2.05, 4.69) is 12.2 Å². The zero-order chi connectivity index (χ0) is 16.1. The predicted molar refractivity (Wildman–Crippen MR) is 87.7 cm³/mol. The SMILES string of the molecule is Cc1ccc(CO)cc1NC(=O)C(C)OC1CCCC(C)C1. The van der Waals surface area contributed by atoms with E-state index in [1.807, 2.05) is 25.1 Å². The van der Waals surface area contributed by atoms with E-state index in [1.165, 1.54) is 12.8 Å². The van der Waals surface area contributed by atoms with E-state index in [0.717, 1.165) is 29.7 Å². The molecule has 3 unspecified atom stereocenters. The number of carbonyl (C=O) groups is 1. The lowest BCUT2D eigenvalue weighted by molar-refractivity contribution is -0.131. The topological polar surface area (TPSA) is 58.6 Å². The number of anilines is 1. The van der Waals surface area contributed by atoms with E-state index in [9.17, 15) is 9.90 Å². The molecule has 4 heteroatoms. The molecule has 1 fully saturated rings. The third-order valence-corrected chi connectivity index (χ3v) is 4.40. The molecule has 0 heterocycles. The summed E-state index contributed by atoms with van der Waals surface area (Å²) in [6.45, 7) is 5.95. The number of ether oxygens (including phenoxy) is 1. The van der Waals surface area contributed by atoms with Crippen molar-refractivity contribution in [2.24, 2.45) is 5.92 Å². The van der Waals surface area contributed by atoms with Gasteiger partial charge in [-0.25, -0.2) is 0 Å². The van der Waals surface area contributed by atoms with Crippen LogP contribution in [-0.2, 0) is 16.1 Å². The molecule has 0 aliphatic heterocycles. The third-order valence-electron chi connectivity index (χ3n) is 4.40. The van der Waals surface area contributed by atoms with E-state index in [-0.39, 0.29) is 18.6 Å². The lowest BCUT2D eigenvalue weighted by Gasteiger charge is -2.29. The molecule has 3 atom stereocenters. The Morgan fingerprint density at radius 1 is 1.45 bits per heavy atom. The molecular formula is C18H27NO3. The van der Waals surface area contributed by atoms with E-state index in [0.29, 0.717) is 5.92 Å². The maximum atomic E-state index is 12.3. The van der Waals surface area contributed by atoms with Gasteiger partial charge in [0.25, 0.3) is 5.91 Å². The Labute approximate surface area is 132 Å². The summed E-state index contributed by atoms with van der Waals surface area (Å²) in [5.41, 5.74) is 2.50. The highest BCUT2D eigenvalue weighted by Crippen LogP contribution is 2.26. The van der Waals surface area contributed by atoms with Crippen molar-refractivity contribution >= 4 is 11.6 Å². The van der Waals surface area contributed by atoms with E-state index in [4.69, 9.17) is 4.74 Å². The number of benzene rings is 1. The Hall–Kier alpha value is -1.39.